The molecular weight excluding hydrogens is 230 g/mol. The van der Waals surface area contributed by atoms with E-state index in [1.54, 1.807) is 6.33 Å². The number of aliphatic hydroxyl groups is 1. The highest BCUT2D eigenvalue weighted by atomic mass is 16.3. The zero-order chi connectivity index (χ0) is 13.1. The van der Waals surface area contributed by atoms with Crippen molar-refractivity contribution < 1.29 is 5.11 Å². The van der Waals surface area contributed by atoms with Crippen molar-refractivity contribution in [3.8, 4) is 0 Å². The van der Waals surface area contributed by atoms with E-state index in [-0.39, 0.29) is 12.1 Å². The minimum atomic E-state index is -0.376. The van der Waals surface area contributed by atoms with E-state index in [1.807, 2.05) is 25.3 Å². The molecule has 0 aromatic carbocycles. The molecule has 2 aromatic heterocycles. The van der Waals surface area contributed by atoms with E-state index < -0.39 is 0 Å². The normalized spacial score (nSPS) is 13.2. The van der Waals surface area contributed by atoms with E-state index >= 15 is 0 Å². The van der Waals surface area contributed by atoms with Crippen LogP contribution in [0.1, 0.15) is 27.2 Å². The standard InChI is InChI=1S/C12H19N5O/c1-4-9(18)5-17-7-15-10-11(16-8(2)3)13-6-14-12(10)17/h6-9,18H,4-5H2,1-3H3,(H,13,14,16)/t9-/m0/s1. The molecule has 2 rings (SSSR count). The maximum atomic E-state index is 9.70. The van der Waals surface area contributed by atoms with Crippen molar-refractivity contribution >= 4 is 17.0 Å². The third-order valence-electron chi connectivity index (χ3n) is 2.71. The first kappa shape index (κ1) is 12.8. The van der Waals surface area contributed by atoms with Gasteiger partial charge < -0.3 is 15.0 Å². The predicted octanol–water partition coefficient (Wildman–Crippen LogP) is 1.42. The maximum Gasteiger partial charge on any atom is 0.165 e. The number of nitrogens with zero attached hydrogens (tertiary/aromatic N) is 4. The summed E-state index contributed by atoms with van der Waals surface area (Å²) in [4.78, 5) is 12.8. The summed E-state index contributed by atoms with van der Waals surface area (Å²) >= 11 is 0. The molecule has 1 atom stereocenters. The Morgan fingerprint density at radius 2 is 2.11 bits per heavy atom. The summed E-state index contributed by atoms with van der Waals surface area (Å²) in [6, 6.07) is 0.287. The highest BCUT2D eigenvalue weighted by Gasteiger charge is 2.12. The fourth-order valence-corrected chi connectivity index (χ4v) is 1.75. The third kappa shape index (κ3) is 2.59. The molecule has 0 fully saturated rings. The van der Waals surface area contributed by atoms with Gasteiger partial charge in [-0.15, -0.1) is 0 Å². The first-order valence-corrected chi connectivity index (χ1v) is 6.22. The molecule has 0 bridgehead atoms. The van der Waals surface area contributed by atoms with Gasteiger partial charge in [0, 0.05) is 6.04 Å². The van der Waals surface area contributed by atoms with Gasteiger partial charge in [-0.3, -0.25) is 0 Å². The van der Waals surface area contributed by atoms with E-state index in [0.717, 1.165) is 17.0 Å². The number of aliphatic hydroxyl groups excluding tert-OH is 1. The largest absolute Gasteiger partial charge is 0.391 e. The maximum absolute atomic E-state index is 9.70. The number of hydrogen-bond acceptors (Lipinski definition) is 5. The van der Waals surface area contributed by atoms with Crippen molar-refractivity contribution in [2.75, 3.05) is 5.32 Å². The van der Waals surface area contributed by atoms with Gasteiger partial charge in [0.2, 0.25) is 0 Å². The SMILES string of the molecule is CC[C@H](O)Cn1cnc2c(NC(C)C)ncnc21. The number of imidazole rings is 1. The number of hydrogen-bond donors (Lipinski definition) is 2. The van der Waals surface area contributed by atoms with Crippen LogP contribution in [-0.2, 0) is 6.54 Å². The van der Waals surface area contributed by atoms with Crippen LogP contribution < -0.4 is 5.32 Å². The predicted molar refractivity (Wildman–Crippen MR) is 70.4 cm³/mol. The molecule has 0 saturated heterocycles. The molecule has 18 heavy (non-hydrogen) atoms. The summed E-state index contributed by atoms with van der Waals surface area (Å²) in [7, 11) is 0. The lowest BCUT2D eigenvalue weighted by Crippen LogP contribution is -2.15. The quantitative estimate of drug-likeness (QED) is 0.838. The van der Waals surface area contributed by atoms with Gasteiger partial charge in [0.05, 0.1) is 19.0 Å². The summed E-state index contributed by atoms with van der Waals surface area (Å²) in [5.41, 5.74) is 1.50. The van der Waals surface area contributed by atoms with Crippen LogP contribution in [0, 0.1) is 0 Å². The number of anilines is 1. The lowest BCUT2D eigenvalue weighted by molar-refractivity contribution is 0.151. The zero-order valence-corrected chi connectivity index (χ0v) is 11.0. The number of rotatable bonds is 5. The molecule has 0 saturated carbocycles. The Morgan fingerprint density at radius 3 is 2.78 bits per heavy atom. The topological polar surface area (TPSA) is 75.9 Å². The first-order chi connectivity index (χ1) is 8.61. The monoisotopic (exact) mass is 249 g/mol. The summed E-state index contributed by atoms with van der Waals surface area (Å²) in [6.45, 7) is 6.55. The van der Waals surface area contributed by atoms with Gasteiger partial charge in [0.1, 0.15) is 11.8 Å². The molecule has 2 heterocycles. The summed E-state index contributed by atoms with van der Waals surface area (Å²) < 4.78 is 1.86. The fraction of sp³-hybridized carbons (Fsp3) is 0.583. The molecule has 0 radical (unpaired) electrons. The summed E-state index contributed by atoms with van der Waals surface area (Å²) in [6.07, 6.45) is 3.55. The van der Waals surface area contributed by atoms with Crippen molar-refractivity contribution in [1.29, 1.82) is 0 Å². The Labute approximate surface area is 106 Å². The number of nitrogens with one attached hydrogen (secondary N) is 1. The molecule has 98 valence electrons. The molecule has 6 heteroatoms. The van der Waals surface area contributed by atoms with Crippen LogP contribution in [0.2, 0.25) is 0 Å². The number of aromatic nitrogens is 4. The van der Waals surface area contributed by atoms with Crippen molar-refractivity contribution in [3.63, 3.8) is 0 Å². The lowest BCUT2D eigenvalue weighted by atomic mass is 10.3. The molecular formula is C12H19N5O. The van der Waals surface area contributed by atoms with Crippen molar-refractivity contribution in [1.82, 2.24) is 19.5 Å². The molecule has 0 aliphatic rings. The molecule has 0 spiro atoms. The Kier molecular flexibility index (Phi) is 3.76. The van der Waals surface area contributed by atoms with Crippen LogP contribution in [0.25, 0.3) is 11.2 Å². The van der Waals surface area contributed by atoms with Gasteiger partial charge in [-0.1, -0.05) is 6.92 Å². The van der Waals surface area contributed by atoms with Gasteiger partial charge in [-0.25, -0.2) is 15.0 Å². The summed E-state index contributed by atoms with van der Waals surface area (Å²) in [5.74, 6) is 0.736. The average Bonchev–Trinajstić information content (AvgIpc) is 2.73. The second-order valence-electron chi connectivity index (χ2n) is 4.65. The second kappa shape index (κ2) is 5.30. The van der Waals surface area contributed by atoms with Crippen LogP contribution in [0.5, 0.6) is 0 Å². The lowest BCUT2D eigenvalue weighted by Gasteiger charge is -2.10. The Hall–Kier alpha value is -1.69. The van der Waals surface area contributed by atoms with Crippen molar-refractivity contribution in [2.24, 2.45) is 0 Å². The highest BCUT2D eigenvalue weighted by Crippen LogP contribution is 2.18. The van der Waals surface area contributed by atoms with E-state index in [2.05, 4.69) is 20.3 Å². The van der Waals surface area contributed by atoms with Gasteiger partial charge in [-0.2, -0.15) is 0 Å². The van der Waals surface area contributed by atoms with Crippen LogP contribution >= 0.6 is 0 Å². The van der Waals surface area contributed by atoms with Gasteiger partial charge >= 0.3 is 0 Å². The second-order valence-corrected chi connectivity index (χ2v) is 4.65. The van der Waals surface area contributed by atoms with Crippen molar-refractivity contribution in [3.05, 3.63) is 12.7 Å². The molecule has 2 N–H and O–H groups in total. The van der Waals surface area contributed by atoms with Crippen LogP contribution in [0.15, 0.2) is 12.7 Å². The van der Waals surface area contributed by atoms with E-state index in [0.29, 0.717) is 13.0 Å². The Morgan fingerprint density at radius 1 is 1.33 bits per heavy atom. The fourth-order valence-electron chi connectivity index (χ4n) is 1.75. The molecule has 2 aromatic rings. The van der Waals surface area contributed by atoms with Gasteiger partial charge in [0.15, 0.2) is 11.5 Å². The average molecular weight is 249 g/mol. The first-order valence-electron chi connectivity index (χ1n) is 6.22. The van der Waals surface area contributed by atoms with Crippen LogP contribution in [0.3, 0.4) is 0 Å². The molecule has 0 amide bonds. The van der Waals surface area contributed by atoms with Crippen LogP contribution in [-0.4, -0.2) is 36.8 Å². The molecule has 0 aliphatic carbocycles. The van der Waals surface area contributed by atoms with E-state index in [4.69, 9.17) is 0 Å². The minimum absolute atomic E-state index is 0.287. The zero-order valence-electron chi connectivity index (χ0n) is 11.0. The van der Waals surface area contributed by atoms with E-state index in [1.165, 1.54) is 6.33 Å². The van der Waals surface area contributed by atoms with Gasteiger partial charge in [-0.05, 0) is 20.3 Å². The van der Waals surface area contributed by atoms with E-state index in [9.17, 15) is 5.11 Å². The summed E-state index contributed by atoms with van der Waals surface area (Å²) in [5, 5.41) is 12.9. The van der Waals surface area contributed by atoms with Crippen LogP contribution in [0.4, 0.5) is 5.82 Å². The molecule has 0 aliphatic heterocycles. The third-order valence-corrected chi connectivity index (χ3v) is 2.71. The molecule has 0 unspecified atom stereocenters. The smallest absolute Gasteiger partial charge is 0.165 e. The highest BCUT2D eigenvalue weighted by molar-refractivity contribution is 5.82. The minimum Gasteiger partial charge on any atom is -0.391 e. The Balaban J connectivity index is 2.35. The van der Waals surface area contributed by atoms with Gasteiger partial charge in [0.25, 0.3) is 0 Å². The van der Waals surface area contributed by atoms with Crippen molar-refractivity contribution in [2.45, 2.75) is 45.9 Å². The number of fused-ring (bicyclic) bond motifs is 1. The Bertz CT molecular complexity index is 522. The molecule has 6 nitrogen and oxygen atoms in total.